The second-order valence-corrected chi connectivity index (χ2v) is 5.71. The second-order valence-electron chi connectivity index (χ2n) is 5.71. The van der Waals surface area contributed by atoms with Crippen LogP contribution in [0, 0.1) is 28.1 Å². The highest BCUT2D eigenvalue weighted by molar-refractivity contribution is 5.66. The molecule has 0 aliphatic carbocycles. The van der Waals surface area contributed by atoms with Gasteiger partial charge in [-0.25, -0.2) is 0 Å². The molecule has 0 saturated carbocycles. The number of hydrogen-bond acceptors (Lipinski definition) is 4. The van der Waals surface area contributed by atoms with Crippen LogP contribution in [0.25, 0.3) is 0 Å². The number of anilines is 1. The highest BCUT2D eigenvalue weighted by atomic mass is 15.1. The van der Waals surface area contributed by atoms with Gasteiger partial charge in [-0.2, -0.15) is 10.5 Å². The van der Waals surface area contributed by atoms with Gasteiger partial charge in [-0.1, -0.05) is 19.9 Å². The number of hydrogen-bond donors (Lipinski definition) is 1. The molecule has 0 saturated heterocycles. The lowest BCUT2D eigenvalue weighted by Gasteiger charge is -2.29. The van der Waals surface area contributed by atoms with Crippen molar-refractivity contribution in [2.75, 3.05) is 32.5 Å². The molecular formula is C15H20N4. The Morgan fingerprint density at radius 1 is 1.16 bits per heavy atom. The standard InChI is InChI=1S/C15H20N4/c1-15(2,11-19(3)4)10-18-14-12(8-16)6-5-7-13(14)9-17/h5-7,18H,10-11H2,1-4H3. The molecule has 0 atom stereocenters. The molecule has 0 radical (unpaired) electrons. The Labute approximate surface area is 115 Å². The minimum Gasteiger partial charge on any atom is -0.382 e. The third kappa shape index (κ3) is 4.28. The summed E-state index contributed by atoms with van der Waals surface area (Å²) < 4.78 is 0. The van der Waals surface area contributed by atoms with Crippen molar-refractivity contribution in [2.45, 2.75) is 13.8 Å². The predicted octanol–water partition coefficient (Wildman–Crippen LogP) is 2.43. The van der Waals surface area contributed by atoms with Gasteiger partial charge in [0.2, 0.25) is 0 Å². The molecule has 4 nitrogen and oxygen atoms in total. The van der Waals surface area contributed by atoms with E-state index in [1.807, 2.05) is 14.1 Å². The topological polar surface area (TPSA) is 62.9 Å². The van der Waals surface area contributed by atoms with Crippen LogP contribution >= 0.6 is 0 Å². The molecule has 0 unspecified atom stereocenters. The van der Waals surface area contributed by atoms with Gasteiger partial charge in [-0.05, 0) is 31.6 Å². The second kappa shape index (κ2) is 6.22. The third-order valence-electron chi connectivity index (χ3n) is 2.79. The van der Waals surface area contributed by atoms with Crippen LogP contribution < -0.4 is 5.32 Å². The van der Waals surface area contributed by atoms with E-state index >= 15 is 0 Å². The van der Waals surface area contributed by atoms with Gasteiger partial charge in [0.1, 0.15) is 12.1 Å². The maximum absolute atomic E-state index is 9.11. The molecule has 1 aromatic rings. The van der Waals surface area contributed by atoms with Gasteiger partial charge >= 0.3 is 0 Å². The van der Waals surface area contributed by atoms with Crippen LogP contribution in [0.15, 0.2) is 18.2 Å². The van der Waals surface area contributed by atoms with Crippen LogP contribution in [-0.2, 0) is 0 Å². The van der Waals surface area contributed by atoms with E-state index in [4.69, 9.17) is 10.5 Å². The molecular weight excluding hydrogens is 236 g/mol. The zero-order valence-corrected chi connectivity index (χ0v) is 12.0. The molecule has 1 aromatic carbocycles. The Morgan fingerprint density at radius 3 is 2.11 bits per heavy atom. The average Bonchev–Trinajstić information content (AvgIpc) is 2.34. The lowest BCUT2D eigenvalue weighted by atomic mass is 9.92. The highest BCUT2D eigenvalue weighted by Gasteiger charge is 2.20. The number of para-hydroxylation sites is 1. The van der Waals surface area contributed by atoms with Crippen molar-refractivity contribution < 1.29 is 0 Å². The Bertz CT molecular complexity index is 486. The number of benzene rings is 1. The van der Waals surface area contributed by atoms with Gasteiger partial charge in [0.25, 0.3) is 0 Å². The number of rotatable bonds is 5. The Hall–Kier alpha value is -2.04. The first-order valence-corrected chi connectivity index (χ1v) is 6.21. The van der Waals surface area contributed by atoms with Crippen LogP contribution in [-0.4, -0.2) is 32.1 Å². The maximum atomic E-state index is 9.11. The first kappa shape index (κ1) is 15.0. The molecule has 0 aromatic heterocycles. The molecule has 0 bridgehead atoms. The van der Waals surface area contributed by atoms with Crippen LogP contribution in [0.5, 0.6) is 0 Å². The van der Waals surface area contributed by atoms with E-state index in [1.54, 1.807) is 18.2 Å². The van der Waals surface area contributed by atoms with Gasteiger partial charge in [-0.3, -0.25) is 0 Å². The summed E-state index contributed by atoms with van der Waals surface area (Å²) in [5, 5.41) is 21.5. The lowest BCUT2D eigenvalue weighted by molar-refractivity contribution is 0.254. The van der Waals surface area contributed by atoms with Gasteiger partial charge < -0.3 is 10.2 Å². The van der Waals surface area contributed by atoms with Crippen molar-refractivity contribution in [3.63, 3.8) is 0 Å². The van der Waals surface area contributed by atoms with Crippen LogP contribution in [0.4, 0.5) is 5.69 Å². The van der Waals surface area contributed by atoms with E-state index in [1.165, 1.54) is 0 Å². The molecule has 0 aliphatic rings. The van der Waals surface area contributed by atoms with Gasteiger partial charge in [-0.15, -0.1) is 0 Å². The normalized spacial score (nSPS) is 10.9. The van der Waals surface area contributed by atoms with Gasteiger partial charge in [0.15, 0.2) is 0 Å². The quantitative estimate of drug-likeness (QED) is 0.878. The van der Waals surface area contributed by atoms with Crippen LogP contribution in [0.2, 0.25) is 0 Å². The Kier molecular flexibility index (Phi) is 4.92. The summed E-state index contributed by atoms with van der Waals surface area (Å²) in [4.78, 5) is 2.13. The van der Waals surface area contributed by atoms with Crippen LogP contribution in [0.1, 0.15) is 25.0 Å². The zero-order valence-electron chi connectivity index (χ0n) is 12.0. The molecule has 0 amide bonds. The minimum absolute atomic E-state index is 0.0544. The molecule has 0 fully saturated rings. The molecule has 19 heavy (non-hydrogen) atoms. The highest BCUT2D eigenvalue weighted by Crippen LogP contribution is 2.23. The van der Waals surface area contributed by atoms with E-state index in [-0.39, 0.29) is 5.41 Å². The van der Waals surface area contributed by atoms with Gasteiger partial charge in [0.05, 0.1) is 16.8 Å². The molecule has 0 heterocycles. The fourth-order valence-corrected chi connectivity index (χ4v) is 2.17. The fraction of sp³-hybridized carbons (Fsp3) is 0.467. The summed E-state index contributed by atoms with van der Waals surface area (Å²) in [6.45, 7) is 5.94. The van der Waals surface area contributed by atoms with Crippen molar-refractivity contribution in [2.24, 2.45) is 5.41 Å². The van der Waals surface area contributed by atoms with Crippen molar-refractivity contribution in [3.05, 3.63) is 29.3 Å². The molecule has 4 heteroatoms. The van der Waals surface area contributed by atoms with E-state index in [0.717, 1.165) is 6.54 Å². The summed E-state index contributed by atoms with van der Waals surface area (Å²) in [6.07, 6.45) is 0. The third-order valence-corrected chi connectivity index (χ3v) is 2.79. The maximum Gasteiger partial charge on any atom is 0.101 e. The van der Waals surface area contributed by atoms with Gasteiger partial charge in [0, 0.05) is 13.1 Å². The van der Waals surface area contributed by atoms with Crippen molar-refractivity contribution in [1.29, 1.82) is 10.5 Å². The van der Waals surface area contributed by atoms with Crippen molar-refractivity contribution in [3.8, 4) is 12.1 Å². The summed E-state index contributed by atoms with van der Waals surface area (Å²) in [5.74, 6) is 0. The van der Waals surface area contributed by atoms with E-state index in [0.29, 0.717) is 23.4 Å². The SMILES string of the molecule is CN(C)CC(C)(C)CNc1c(C#N)cccc1C#N. The van der Waals surface area contributed by atoms with E-state index < -0.39 is 0 Å². The molecule has 0 aliphatic heterocycles. The minimum atomic E-state index is 0.0544. The summed E-state index contributed by atoms with van der Waals surface area (Å²) in [5.41, 5.74) is 1.72. The Morgan fingerprint density at radius 2 is 1.68 bits per heavy atom. The number of nitrogens with one attached hydrogen (secondary N) is 1. The van der Waals surface area contributed by atoms with E-state index in [2.05, 4.69) is 36.2 Å². The van der Waals surface area contributed by atoms with Crippen molar-refractivity contribution >= 4 is 5.69 Å². The predicted molar refractivity (Wildman–Crippen MR) is 76.7 cm³/mol. The van der Waals surface area contributed by atoms with Crippen LogP contribution in [0.3, 0.4) is 0 Å². The molecule has 1 N–H and O–H groups in total. The summed E-state index contributed by atoms with van der Waals surface area (Å²) in [7, 11) is 4.07. The molecule has 100 valence electrons. The largest absolute Gasteiger partial charge is 0.382 e. The lowest BCUT2D eigenvalue weighted by Crippen LogP contribution is -2.34. The number of nitrogens with zero attached hydrogens (tertiary/aromatic N) is 3. The van der Waals surface area contributed by atoms with Crippen molar-refractivity contribution in [1.82, 2.24) is 4.90 Å². The number of nitriles is 2. The molecule has 1 rings (SSSR count). The average molecular weight is 256 g/mol. The molecule has 0 spiro atoms. The summed E-state index contributed by atoms with van der Waals surface area (Å²) >= 11 is 0. The zero-order chi connectivity index (χ0) is 14.5. The fourth-order valence-electron chi connectivity index (χ4n) is 2.17. The smallest absolute Gasteiger partial charge is 0.101 e. The Balaban J connectivity index is 2.89. The first-order chi connectivity index (χ1) is 8.89. The van der Waals surface area contributed by atoms with E-state index in [9.17, 15) is 0 Å². The first-order valence-electron chi connectivity index (χ1n) is 6.21. The monoisotopic (exact) mass is 256 g/mol. The summed E-state index contributed by atoms with van der Waals surface area (Å²) in [6, 6.07) is 9.42.